The number of ether oxygens (including phenoxy) is 1. The molecule has 3 fully saturated rings. The van der Waals surface area contributed by atoms with E-state index in [1.165, 1.54) is 12.0 Å². The van der Waals surface area contributed by atoms with Crippen LogP contribution in [0.5, 0.6) is 5.75 Å². The summed E-state index contributed by atoms with van der Waals surface area (Å²) in [5.41, 5.74) is 0.445. The number of carbonyl (C=O) groups excluding carboxylic acids is 2. The number of benzene rings is 1. The molecule has 1 aromatic carbocycles. The van der Waals surface area contributed by atoms with Crippen molar-refractivity contribution in [3.05, 3.63) is 23.2 Å². The first-order valence-corrected chi connectivity index (χ1v) is 9.66. The molecule has 0 radical (unpaired) electrons. The molecule has 1 aromatic rings. The van der Waals surface area contributed by atoms with E-state index in [0.29, 0.717) is 16.5 Å². The molecule has 0 spiro atoms. The molecular formula is C16H14Br2ClNO3. The molecule has 1 saturated heterocycles. The summed E-state index contributed by atoms with van der Waals surface area (Å²) in [6, 6.07) is 4.99. The van der Waals surface area contributed by atoms with Crippen LogP contribution in [0.2, 0.25) is 5.02 Å². The van der Waals surface area contributed by atoms with E-state index < -0.39 is 0 Å². The number of hydrogen-bond acceptors (Lipinski definition) is 3. The van der Waals surface area contributed by atoms with Crippen molar-refractivity contribution in [2.24, 2.45) is 23.7 Å². The number of anilines is 1. The van der Waals surface area contributed by atoms with Crippen LogP contribution in [0.15, 0.2) is 18.2 Å². The molecular weight excluding hydrogens is 449 g/mol. The van der Waals surface area contributed by atoms with E-state index >= 15 is 0 Å². The lowest BCUT2D eigenvalue weighted by Gasteiger charge is -2.28. The normalized spacial score (nSPS) is 38.3. The summed E-state index contributed by atoms with van der Waals surface area (Å²) in [4.78, 5) is 27.7. The Bertz CT molecular complexity index is 681. The first-order chi connectivity index (χ1) is 11.0. The molecule has 2 amide bonds. The first kappa shape index (κ1) is 15.9. The molecule has 23 heavy (non-hydrogen) atoms. The van der Waals surface area contributed by atoms with Crippen LogP contribution in [-0.2, 0) is 9.59 Å². The molecule has 2 aliphatic carbocycles. The zero-order valence-electron chi connectivity index (χ0n) is 12.2. The van der Waals surface area contributed by atoms with Gasteiger partial charge in [-0.3, -0.25) is 9.59 Å². The maximum atomic E-state index is 13.0. The number of alkyl halides is 2. The van der Waals surface area contributed by atoms with Crippen molar-refractivity contribution in [3.8, 4) is 5.75 Å². The van der Waals surface area contributed by atoms with Gasteiger partial charge in [0.05, 0.1) is 24.6 Å². The van der Waals surface area contributed by atoms with Crippen molar-refractivity contribution >= 4 is 61.0 Å². The number of imide groups is 1. The Morgan fingerprint density at radius 1 is 1.13 bits per heavy atom. The fraction of sp³-hybridized carbons (Fsp3) is 0.500. The van der Waals surface area contributed by atoms with Crippen LogP contribution in [0.3, 0.4) is 0 Å². The molecule has 122 valence electrons. The fourth-order valence-corrected chi connectivity index (χ4v) is 6.46. The van der Waals surface area contributed by atoms with Crippen LogP contribution < -0.4 is 9.64 Å². The molecule has 0 N–H and O–H groups in total. The second-order valence-corrected chi connectivity index (χ2v) is 8.88. The van der Waals surface area contributed by atoms with Crippen LogP contribution in [0, 0.1) is 23.7 Å². The molecule has 0 aromatic heterocycles. The molecule has 1 heterocycles. The number of amides is 2. The summed E-state index contributed by atoms with van der Waals surface area (Å²) in [5, 5.41) is 0.471. The topological polar surface area (TPSA) is 46.6 Å². The third-order valence-corrected chi connectivity index (χ3v) is 8.81. The Balaban J connectivity index is 1.78. The van der Waals surface area contributed by atoms with E-state index in [4.69, 9.17) is 16.3 Å². The predicted octanol–water partition coefficient (Wildman–Crippen LogP) is 3.63. The number of carbonyl (C=O) groups is 2. The number of methoxy groups -OCH3 is 1. The Morgan fingerprint density at radius 3 is 2.22 bits per heavy atom. The lowest BCUT2D eigenvalue weighted by molar-refractivity contribution is -0.123. The SMILES string of the molecule is COc1ccc(Cl)cc1N1C(=O)[C@H]2[C@@H]3C[C@@H]([C@@H](Br)[C@H]3Br)[C@@H]2C1=O. The van der Waals surface area contributed by atoms with Crippen LogP contribution in [0.1, 0.15) is 6.42 Å². The molecule has 7 heteroatoms. The highest BCUT2D eigenvalue weighted by Gasteiger charge is 2.66. The molecule has 2 saturated carbocycles. The summed E-state index contributed by atoms with van der Waals surface area (Å²) >= 11 is 13.4. The Kier molecular flexibility index (Phi) is 3.78. The van der Waals surface area contributed by atoms with E-state index in [1.54, 1.807) is 18.2 Å². The van der Waals surface area contributed by atoms with Gasteiger partial charge in [-0.25, -0.2) is 4.90 Å². The fourth-order valence-electron chi connectivity index (χ4n) is 4.42. The van der Waals surface area contributed by atoms with Crippen molar-refractivity contribution in [3.63, 3.8) is 0 Å². The highest BCUT2D eigenvalue weighted by molar-refractivity contribution is 9.12. The van der Waals surface area contributed by atoms with E-state index in [0.717, 1.165) is 6.42 Å². The van der Waals surface area contributed by atoms with Crippen LogP contribution in [-0.4, -0.2) is 28.6 Å². The van der Waals surface area contributed by atoms with Crippen molar-refractivity contribution in [1.82, 2.24) is 0 Å². The number of rotatable bonds is 2. The molecule has 4 nitrogen and oxygen atoms in total. The number of fused-ring (bicyclic) bond motifs is 5. The summed E-state index contributed by atoms with van der Waals surface area (Å²) in [7, 11) is 1.52. The van der Waals surface area contributed by atoms with Gasteiger partial charge in [0.15, 0.2) is 0 Å². The van der Waals surface area contributed by atoms with Crippen molar-refractivity contribution in [2.45, 2.75) is 16.1 Å². The number of nitrogens with zero attached hydrogens (tertiary/aromatic N) is 1. The standard InChI is InChI=1S/C16H14Br2ClNO3/c1-23-10-3-2-6(19)4-9(10)20-15(21)11-7-5-8(12(11)16(20)22)14(18)13(7)17/h2-4,7-8,11-14H,5H2,1H3/t7-,8+,11-,12-,13-,14+/m0/s1. The van der Waals surface area contributed by atoms with Crippen molar-refractivity contribution < 1.29 is 14.3 Å². The molecule has 6 atom stereocenters. The van der Waals surface area contributed by atoms with Crippen LogP contribution in [0.4, 0.5) is 5.69 Å². The van der Waals surface area contributed by atoms with Gasteiger partial charge in [0.25, 0.3) is 0 Å². The maximum Gasteiger partial charge on any atom is 0.238 e. The minimum Gasteiger partial charge on any atom is -0.495 e. The zero-order valence-corrected chi connectivity index (χ0v) is 16.1. The average Bonchev–Trinajstić information content (AvgIpc) is 3.12. The Labute approximate surface area is 155 Å². The highest BCUT2D eigenvalue weighted by atomic mass is 79.9. The maximum absolute atomic E-state index is 13.0. The number of hydrogen-bond donors (Lipinski definition) is 0. The van der Waals surface area contributed by atoms with Gasteiger partial charge in [-0.05, 0) is 36.5 Å². The first-order valence-electron chi connectivity index (χ1n) is 7.45. The minimum absolute atomic E-state index is 0.128. The summed E-state index contributed by atoms with van der Waals surface area (Å²) < 4.78 is 5.32. The van der Waals surface area contributed by atoms with E-state index in [9.17, 15) is 9.59 Å². The summed E-state index contributed by atoms with van der Waals surface area (Å²) in [5.74, 6) is 0.133. The van der Waals surface area contributed by atoms with Gasteiger partial charge in [0.2, 0.25) is 11.8 Å². The third-order valence-electron chi connectivity index (χ3n) is 5.37. The largest absolute Gasteiger partial charge is 0.495 e. The third kappa shape index (κ3) is 2.07. The Morgan fingerprint density at radius 2 is 1.70 bits per heavy atom. The quantitative estimate of drug-likeness (QED) is 0.497. The second-order valence-electron chi connectivity index (χ2n) is 6.33. The number of halogens is 3. The van der Waals surface area contributed by atoms with E-state index in [-0.39, 0.29) is 45.1 Å². The summed E-state index contributed by atoms with van der Waals surface area (Å²) in [6.45, 7) is 0. The minimum atomic E-state index is -0.241. The molecule has 3 aliphatic rings. The van der Waals surface area contributed by atoms with Crippen molar-refractivity contribution in [1.29, 1.82) is 0 Å². The van der Waals surface area contributed by atoms with Gasteiger partial charge in [-0.2, -0.15) is 0 Å². The Hall–Kier alpha value is -0.590. The smallest absolute Gasteiger partial charge is 0.238 e. The molecule has 4 rings (SSSR count). The van der Waals surface area contributed by atoms with E-state index in [2.05, 4.69) is 31.9 Å². The predicted molar refractivity (Wildman–Crippen MR) is 94.5 cm³/mol. The summed E-state index contributed by atoms with van der Waals surface area (Å²) in [6.07, 6.45) is 0.916. The monoisotopic (exact) mass is 461 g/mol. The second kappa shape index (κ2) is 5.46. The molecule has 2 bridgehead atoms. The lowest BCUT2D eigenvalue weighted by atomic mass is 9.81. The van der Waals surface area contributed by atoms with Gasteiger partial charge in [0.1, 0.15) is 5.75 Å². The molecule has 0 unspecified atom stereocenters. The van der Waals surface area contributed by atoms with Crippen LogP contribution in [0.25, 0.3) is 0 Å². The van der Waals surface area contributed by atoms with Gasteiger partial charge in [-0.15, -0.1) is 0 Å². The van der Waals surface area contributed by atoms with Gasteiger partial charge < -0.3 is 4.74 Å². The van der Waals surface area contributed by atoms with Gasteiger partial charge >= 0.3 is 0 Å². The lowest BCUT2D eigenvalue weighted by Crippen LogP contribution is -2.37. The van der Waals surface area contributed by atoms with Gasteiger partial charge in [0, 0.05) is 14.7 Å². The highest BCUT2D eigenvalue weighted by Crippen LogP contribution is 2.60. The molecule has 1 aliphatic heterocycles. The van der Waals surface area contributed by atoms with E-state index in [1.807, 2.05) is 0 Å². The average molecular weight is 464 g/mol. The van der Waals surface area contributed by atoms with Gasteiger partial charge in [-0.1, -0.05) is 43.5 Å². The zero-order chi connectivity index (χ0) is 16.5. The van der Waals surface area contributed by atoms with Crippen LogP contribution >= 0.6 is 43.5 Å². The van der Waals surface area contributed by atoms with Crippen molar-refractivity contribution in [2.75, 3.05) is 12.0 Å².